The zero-order valence-corrected chi connectivity index (χ0v) is 19.1. The standard InChI is InChI=1S/C23H26BrF2N3O2/c1-23(2)21(13-6-4-3-5-7-13)29(22(30)31-23)15-10-8-14(9-11-15)28-17-12-16(25)18(24)19(26)20(17)27/h3-7,12,14-15,21,28H,8-11,27H2,1-2H3/t14-,15-,21-/m0/s1. The van der Waals surface area contributed by atoms with Crippen LogP contribution in [0.15, 0.2) is 40.9 Å². The summed E-state index contributed by atoms with van der Waals surface area (Å²) in [6, 6.07) is 11.0. The van der Waals surface area contributed by atoms with E-state index in [9.17, 15) is 13.6 Å². The second-order valence-corrected chi connectivity index (χ2v) is 9.58. The molecule has 2 aliphatic rings. The van der Waals surface area contributed by atoms with Crippen LogP contribution in [0.2, 0.25) is 0 Å². The summed E-state index contributed by atoms with van der Waals surface area (Å²) in [7, 11) is 0. The Morgan fingerprint density at radius 1 is 1.16 bits per heavy atom. The van der Waals surface area contributed by atoms with Gasteiger partial charge in [-0.1, -0.05) is 30.3 Å². The SMILES string of the molecule is CC1(C)OC(=O)N([C@H]2CC[C@H](Nc3cc(F)c(Br)c(F)c3N)CC2)[C@H]1c1ccccc1. The van der Waals surface area contributed by atoms with Gasteiger partial charge in [-0.3, -0.25) is 4.90 Å². The minimum Gasteiger partial charge on any atom is -0.441 e. The number of nitrogens with two attached hydrogens (primary N) is 1. The van der Waals surface area contributed by atoms with Crippen molar-refractivity contribution in [3.8, 4) is 0 Å². The van der Waals surface area contributed by atoms with Crippen LogP contribution in [0.5, 0.6) is 0 Å². The van der Waals surface area contributed by atoms with Crippen LogP contribution in [0, 0.1) is 11.6 Å². The van der Waals surface area contributed by atoms with Crippen molar-refractivity contribution in [1.29, 1.82) is 0 Å². The van der Waals surface area contributed by atoms with Crippen LogP contribution in [0.3, 0.4) is 0 Å². The molecule has 2 fully saturated rings. The Morgan fingerprint density at radius 2 is 1.81 bits per heavy atom. The summed E-state index contributed by atoms with van der Waals surface area (Å²) in [5, 5.41) is 3.18. The quantitative estimate of drug-likeness (QED) is 0.404. The lowest BCUT2D eigenvalue weighted by atomic mass is 9.86. The van der Waals surface area contributed by atoms with Crippen molar-refractivity contribution in [2.75, 3.05) is 11.1 Å². The molecule has 8 heteroatoms. The highest BCUT2D eigenvalue weighted by Gasteiger charge is 2.51. The van der Waals surface area contributed by atoms with E-state index in [-0.39, 0.29) is 40.1 Å². The molecule has 0 unspecified atom stereocenters. The zero-order chi connectivity index (χ0) is 22.3. The third-order valence-corrected chi connectivity index (χ3v) is 6.99. The highest BCUT2D eigenvalue weighted by Crippen LogP contribution is 2.44. The second kappa shape index (κ2) is 8.30. The normalized spacial score (nSPS) is 25.4. The monoisotopic (exact) mass is 493 g/mol. The van der Waals surface area contributed by atoms with Crippen LogP contribution in [0.1, 0.15) is 51.1 Å². The fourth-order valence-electron chi connectivity index (χ4n) is 4.78. The molecular weight excluding hydrogens is 468 g/mol. The molecule has 1 aliphatic heterocycles. The molecule has 31 heavy (non-hydrogen) atoms. The lowest BCUT2D eigenvalue weighted by Crippen LogP contribution is -2.44. The first-order valence-corrected chi connectivity index (χ1v) is 11.2. The van der Waals surface area contributed by atoms with Gasteiger partial charge in [0, 0.05) is 18.2 Å². The van der Waals surface area contributed by atoms with Gasteiger partial charge >= 0.3 is 6.09 Å². The highest BCUT2D eigenvalue weighted by molar-refractivity contribution is 9.10. The summed E-state index contributed by atoms with van der Waals surface area (Å²) in [5.41, 5.74) is 6.39. The summed E-state index contributed by atoms with van der Waals surface area (Å²) in [4.78, 5) is 14.7. The molecular formula is C23H26BrF2N3O2. The van der Waals surface area contributed by atoms with Gasteiger partial charge in [0.25, 0.3) is 0 Å². The molecule has 3 N–H and O–H groups in total. The fraction of sp³-hybridized carbons (Fsp3) is 0.435. The largest absolute Gasteiger partial charge is 0.441 e. The van der Waals surface area contributed by atoms with Crippen LogP contribution in [-0.4, -0.2) is 28.7 Å². The molecule has 166 valence electrons. The van der Waals surface area contributed by atoms with E-state index in [1.54, 1.807) is 0 Å². The van der Waals surface area contributed by atoms with Crippen molar-refractivity contribution in [3.05, 3.63) is 58.1 Å². The molecule has 1 saturated heterocycles. The van der Waals surface area contributed by atoms with E-state index >= 15 is 0 Å². The van der Waals surface area contributed by atoms with Gasteiger partial charge in [-0.15, -0.1) is 0 Å². The van der Waals surface area contributed by atoms with E-state index in [1.165, 1.54) is 6.07 Å². The molecule has 4 rings (SSSR count). The van der Waals surface area contributed by atoms with Crippen LogP contribution in [-0.2, 0) is 4.74 Å². The molecule has 2 aromatic rings. The Hall–Kier alpha value is -2.35. The van der Waals surface area contributed by atoms with Gasteiger partial charge in [0.2, 0.25) is 0 Å². The number of anilines is 2. The van der Waals surface area contributed by atoms with E-state index in [0.717, 1.165) is 31.2 Å². The number of cyclic esters (lactones) is 1. The topological polar surface area (TPSA) is 67.6 Å². The molecule has 1 amide bonds. The van der Waals surface area contributed by atoms with E-state index in [2.05, 4.69) is 21.2 Å². The van der Waals surface area contributed by atoms with E-state index in [4.69, 9.17) is 10.5 Å². The maximum absolute atomic E-state index is 14.1. The molecule has 2 aromatic carbocycles. The maximum atomic E-state index is 14.1. The Bertz CT molecular complexity index is 979. The Kier molecular flexibility index (Phi) is 5.85. The maximum Gasteiger partial charge on any atom is 0.411 e. The summed E-state index contributed by atoms with van der Waals surface area (Å²) < 4.78 is 33.5. The summed E-state index contributed by atoms with van der Waals surface area (Å²) in [6.45, 7) is 3.88. The van der Waals surface area contributed by atoms with Crippen LogP contribution < -0.4 is 11.1 Å². The molecule has 1 aliphatic carbocycles. The second-order valence-electron chi connectivity index (χ2n) is 8.79. The summed E-state index contributed by atoms with van der Waals surface area (Å²) >= 11 is 2.87. The van der Waals surface area contributed by atoms with Crippen molar-refractivity contribution in [2.45, 2.75) is 63.3 Å². The zero-order valence-electron chi connectivity index (χ0n) is 17.5. The smallest absolute Gasteiger partial charge is 0.411 e. The Morgan fingerprint density at radius 3 is 2.45 bits per heavy atom. The molecule has 1 atom stereocenters. The average molecular weight is 494 g/mol. The number of rotatable bonds is 4. The van der Waals surface area contributed by atoms with E-state index in [1.807, 2.05) is 49.1 Å². The number of halogens is 3. The lowest BCUT2D eigenvalue weighted by Gasteiger charge is -2.38. The van der Waals surface area contributed by atoms with E-state index < -0.39 is 17.2 Å². The van der Waals surface area contributed by atoms with Crippen molar-refractivity contribution >= 4 is 33.4 Å². The first-order chi connectivity index (χ1) is 14.7. The molecule has 0 bridgehead atoms. The molecule has 1 heterocycles. The Labute approximate surface area is 189 Å². The summed E-state index contributed by atoms with van der Waals surface area (Å²) in [6.07, 6.45) is 2.71. The van der Waals surface area contributed by atoms with Gasteiger partial charge in [0.15, 0.2) is 5.82 Å². The van der Waals surface area contributed by atoms with Gasteiger partial charge in [0.1, 0.15) is 11.4 Å². The fourth-order valence-corrected chi connectivity index (χ4v) is 5.11. The van der Waals surface area contributed by atoms with Crippen LogP contribution in [0.25, 0.3) is 0 Å². The predicted octanol–water partition coefficient (Wildman–Crippen LogP) is 6.00. The molecule has 0 spiro atoms. The number of carbonyl (C=O) groups is 1. The average Bonchev–Trinajstić information content (AvgIpc) is 2.99. The van der Waals surface area contributed by atoms with Gasteiger partial charge in [-0.25, -0.2) is 13.6 Å². The minimum atomic E-state index is -0.802. The molecule has 0 aromatic heterocycles. The van der Waals surface area contributed by atoms with Crippen molar-refractivity contribution < 1.29 is 18.3 Å². The minimum absolute atomic E-state index is 0.0142. The van der Waals surface area contributed by atoms with Crippen molar-refractivity contribution in [1.82, 2.24) is 4.90 Å². The van der Waals surface area contributed by atoms with E-state index in [0.29, 0.717) is 0 Å². The number of benzene rings is 2. The highest BCUT2D eigenvalue weighted by atomic mass is 79.9. The first kappa shape index (κ1) is 21.9. The third-order valence-electron chi connectivity index (χ3n) is 6.26. The number of nitrogens with zero attached hydrogens (tertiary/aromatic N) is 1. The first-order valence-electron chi connectivity index (χ1n) is 10.4. The van der Waals surface area contributed by atoms with Crippen LogP contribution in [0.4, 0.5) is 25.0 Å². The molecule has 5 nitrogen and oxygen atoms in total. The van der Waals surface area contributed by atoms with Crippen LogP contribution >= 0.6 is 15.9 Å². The summed E-state index contributed by atoms with van der Waals surface area (Å²) in [5.74, 6) is -1.50. The number of ether oxygens (including phenoxy) is 1. The third kappa shape index (κ3) is 4.10. The molecule has 1 saturated carbocycles. The van der Waals surface area contributed by atoms with Gasteiger partial charge in [-0.2, -0.15) is 0 Å². The number of nitrogens with one attached hydrogen (secondary N) is 1. The van der Waals surface area contributed by atoms with Gasteiger partial charge in [0.05, 0.1) is 21.9 Å². The molecule has 0 radical (unpaired) electrons. The number of carbonyl (C=O) groups excluding carboxylic acids is 1. The number of amides is 1. The number of hydrogen-bond donors (Lipinski definition) is 2. The number of hydrogen-bond acceptors (Lipinski definition) is 4. The number of nitrogen functional groups attached to an aromatic ring is 1. The van der Waals surface area contributed by atoms with Gasteiger partial charge < -0.3 is 15.8 Å². The van der Waals surface area contributed by atoms with Crippen molar-refractivity contribution in [3.63, 3.8) is 0 Å². The Balaban J connectivity index is 1.48. The lowest BCUT2D eigenvalue weighted by molar-refractivity contribution is 0.0664. The van der Waals surface area contributed by atoms with Gasteiger partial charge in [-0.05, 0) is 61.0 Å². The van der Waals surface area contributed by atoms with Crippen molar-refractivity contribution in [2.24, 2.45) is 0 Å². The predicted molar refractivity (Wildman–Crippen MR) is 120 cm³/mol.